The number of carbonyl (C=O) groups is 2. The van der Waals surface area contributed by atoms with Crippen LogP contribution >= 0.6 is 11.3 Å². The number of H-pyrrole nitrogens is 1. The molecule has 0 spiro atoms. The van der Waals surface area contributed by atoms with Gasteiger partial charge in [0.15, 0.2) is 0 Å². The Morgan fingerprint density at radius 3 is 2.74 bits per heavy atom. The summed E-state index contributed by atoms with van der Waals surface area (Å²) in [7, 11) is 0. The SMILES string of the molecule is CC(NC(=O)C(=O)NCCc1c[nH]c2ccccc12)C(c1cccs1)N1CCOCC1. The lowest BCUT2D eigenvalue weighted by Gasteiger charge is -2.37. The highest BCUT2D eigenvalue weighted by Crippen LogP contribution is 2.29. The summed E-state index contributed by atoms with van der Waals surface area (Å²) in [4.78, 5) is 31.7. The van der Waals surface area contributed by atoms with Gasteiger partial charge in [0.1, 0.15) is 0 Å². The number of aromatic nitrogens is 1. The lowest BCUT2D eigenvalue weighted by Crippen LogP contribution is -2.51. The summed E-state index contributed by atoms with van der Waals surface area (Å²) in [5.41, 5.74) is 2.19. The van der Waals surface area contributed by atoms with Crippen molar-refractivity contribution in [2.45, 2.75) is 25.4 Å². The molecule has 4 rings (SSSR count). The Labute approximate surface area is 185 Å². The Balaban J connectivity index is 1.32. The molecule has 1 aliphatic rings. The molecule has 164 valence electrons. The standard InChI is InChI=1S/C23H28N4O3S/c1-16(21(20-7-4-14-31-20)27-10-12-30-13-11-27)26-23(29)22(28)24-9-8-17-15-25-19-6-3-2-5-18(17)19/h2-7,14-16,21,25H,8-13H2,1H3,(H,24,28)(H,26,29). The third kappa shape index (κ3) is 5.15. The molecule has 0 saturated carbocycles. The Morgan fingerprint density at radius 1 is 1.16 bits per heavy atom. The fraction of sp³-hybridized carbons (Fsp3) is 0.391. The number of hydrogen-bond donors (Lipinski definition) is 3. The van der Waals surface area contributed by atoms with E-state index in [1.807, 2.05) is 48.8 Å². The molecule has 3 N–H and O–H groups in total. The van der Waals surface area contributed by atoms with E-state index in [-0.39, 0.29) is 12.1 Å². The molecule has 2 aromatic heterocycles. The Morgan fingerprint density at radius 2 is 1.97 bits per heavy atom. The molecule has 31 heavy (non-hydrogen) atoms. The Hall–Kier alpha value is -2.68. The van der Waals surface area contributed by atoms with Gasteiger partial charge in [0.25, 0.3) is 0 Å². The fourth-order valence-corrected chi connectivity index (χ4v) is 5.10. The molecule has 0 bridgehead atoms. The normalized spacial score (nSPS) is 16.7. The van der Waals surface area contributed by atoms with Gasteiger partial charge in [-0.05, 0) is 36.4 Å². The van der Waals surface area contributed by atoms with E-state index >= 15 is 0 Å². The van der Waals surface area contributed by atoms with Gasteiger partial charge in [-0.3, -0.25) is 14.5 Å². The van der Waals surface area contributed by atoms with Crippen LogP contribution in [0.2, 0.25) is 0 Å². The smallest absolute Gasteiger partial charge is 0.309 e. The van der Waals surface area contributed by atoms with Crippen molar-refractivity contribution in [3.63, 3.8) is 0 Å². The van der Waals surface area contributed by atoms with Crippen LogP contribution in [0.1, 0.15) is 23.4 Å². The topological polar surface area (TPSA) is 86.5 Å². The summed E-state index contributed by atoms with van der Waals surface area (Å²) >= 11 is 1.66. The van der Waals surface area contributed by atoms with E-state index in [1.54, 1.807) is 11.3 Å². The number of morpholine rings is 1. The lowest BCUT2D eigenvalue weighted by atomic mass is 10.1. The van der Waals surface area contributed by atoms with Crippen molar-refractivity contribution in [2.24, 2.45) is 0 Å². The van der Waals surface area contributed by atoms with Gasteiger partial charge in [0, 0.05) is 47.7 Å². The zero-order valence-corrected chi connectivity index (χ0v) is 18.4. The number of carbonyl (C=O) groups excluding carboxylic acids is 2. The van der Waals surface area contributed by atoms with E-state index < -0.39 is 11.8 Å². The van der Waals surface area contributed by atoms with Crippen molar-refractivity contribution in [3.8, 4) is 0 Å². The van der Waals surface area contributed by atoms with E-state index in [1.165, 1.54) is 4.88 Å². The van der Waals surface area contributed by atoms with Crippen LogP contribution < -0.4 is 10.6 Å². The van der Waals surface area contributed by atoms with Crippen LogP contribution in [0, 0.1) is 0 Å². The average Bonchev–Trinajstić information content (AvgIpc) is 3.45. The largest absolute Gasteiger partial charge is 0.379 e. The first-order chi connectivity index (χ1) is 15.1. The second kappa shape index (κ2) is 10.1. The molecular formula is C23H28N4O3S. The third-order valence-corrected chi connectivity index (χ3v) is 6.61. The molecule has 1 saturated heterocycles. The summed E-state index contributed by atoms with van der Waals surface area (Å²) in [6, 6.07) is 11.9. The van der Waals surface area contributed by atoms with Crippen molar-refractivity contribution >= 4 is 34.1 Å². The predicted molar refractivity (Wildman–Crippen MR) is 122 cm³/mol. The monoisotopic (exact) mass is 440 g/mol. The van der Waals surface area contributed by atoms with Crippen molar-refractivity contribution in [1.29, 1.82) is 0 Å². The van der Waals surface area contributed by atoms with Gasteiger partial charge in [-0.25, -0.2) is 0 Å². The Kier molecular flexibility index (Phi) is 7.01. The molecule has 3 heterocycles. The molecule has 2 amide bonds. The summed E-state index contributed by atoms with van der Waals surface area (Å²) < 4.78 is 5.48. The van der Waals surface area contributed by atoms with E-state index in [0.29, 0.717) is 26.2 Å². The maximum absolute atomic E-state index is 12.5. The molecule has 1 aliphatic heterocycles. The van der Waals surface area contributed by atoms with Gasteiger partial charge in [0.2, 0.25) is 0 Å². The minimum absolute atomic E-state index is 0.0203. The minimum Gasteiger partial charge on any atom is -0.379 e. The van der Waals surface area contributed by atoms with Crippen LogP contribution in [-0.4, -0.2) is 60.6 Å². The van der Waals surface area contributed by atoms with Crippen LogP contribution in [0.25, 0.3) is 10.9 Å². The number of benzene rings is 1. The van der Waals surface area contributed by atoms with Crippen LogP contribution in [-0.2, 0) is 20.7 Å². The molecule has 2 atom stereocenters. The summed E-state index contributed by atoms with van der Waals surface area (Å²) in [5.74, 6) is -1.19. The van der Waals surface area contributed by atoms with Gasteiger partial charge in [-0.15, -0.1) is 11.3 Å². The number of rotatable bonds is 7. The lowest BCUT2D eigenvalue weighted by molar-refractivity contribution is -0.139. The van der Waals surface area contributed by atoms with Crippen LogP contribution in [0.5, 0.6) is 0 Å². The molecule has 1 aromatic carbocycles. The van der Waals surface area contributed by atoms with Gasteiger partial charge in [-0.2, -0.15) is 0 Å². The van der Waals surface area contributed by atoms with Gasteiger partial charge in [-0.1, -0.05) is 24.3 Å². The number of para-hydroxylation sites is 1. The van der Waals surface area contributed by atoms with Crippen LogP contribution in [0.4, 0.5) is 0 Å². The molecule has 2 unspecified atom stereocenters. The summed E-state index contributed by atoms with van der Waals surface area (Å²) in [5, 5.41) is 8.83. The first-order valence-electron chi connectivity index (χ1n) is 10.6. The first kappa shape index (κ1) is 21.5. The Bertz CT molecular complexity index is 1010. The highest BCUT2D eigenvalue weighted by atomic mass is 32.1. The number of ether oxygens (including phenoxy) is 1. The summed E-state index contributed by atoms with van der Waals surface area (Å²) in [6.07, 6.45) is 2.61. The number of aromatic amines is 1. The van der Waals surface area contributed by atoms with Crippen LogP contribution in [0.15, 0.2) is 48.0 Å². The number of nitrogens with one attached hydrogen (secondary N) is 3. The van der Waals surface area contributed by atoms with Gasteiger partial charge < -0.3 is 20.4 Å². The number of nitrogens with zero attached hydrogens (tertiary/aromatic N) is 1. The second-order valence-electron chi connectivity index (χ2n) is 7.74. The molecule has 0 aliphatic carbocycles. The minimum atomic E-state index is -0.599. The summed E-state index contributed by atoms with van der Waals surface area (Å²) in [6.45, 7) is 5.32. The molecule has 7 nitrogen and oxygen atoms in total. The maximum Gasteiger partial charge on any atom is 0.309 e. The zero-order chi connectivity index (χ0) is 21.6. The number of amides is 2. The number of fused-ring (bicyclic) bond motifs is 1. The first-order valence-corrected chi connectivity index (χ1v) is 11.5. The fourth-order valence-electron chi connectivity index (χ4n) is 4.14. The van der Waals surface area contributed by atoms with Crippen molar-refractivity contribution in [1.82, 2.24) is 20.5 Å². The van der Waals surface area contributed by atoms with Crippen molar-refractivity contribution in [2.75, 3.05) is 32.8 Å². The van der Waals surface area contributed by atoms with E-state index in [2.05, 4.69) is 26.6 Å². The zero-order valence-electron chi connectivity index (χ0n) is 17.6. The van der Waals surface area contributed by atoms with Crippen LogP contribution in [0.3, 0.4) is 0 Å². The second-order valence-corrected chi connectivity index (χ2v) is 8.72. The average molecular weight is 441 g/mol. The number of hydrogen-bond acceptors (Lipinski definition) is 5. The molecule has 3 aromatic rings. The maximum atomic E-state index is 12.5. The number of thiophene rings is 1. The highest BCUT2D eigenvalue weighted by molar-refractivity contribution is 7.10. The predicted octanol–water partition coefficient (Wildman–Crippen LogP) is 2.47. The van der Waals surface area contributed by atoms with E-state index in [4.69, 9.17) is 4.74 Å². The van der Waals surface area contributed by atoms with E-state index in [9.17, 15) is 9.59 Å². The van der Waals surface area contributed by atoms with Crippen molar-refractivity contribution < 1.29 is 14.3 Å². The molecule has 8 heteroatoms. The third-order valence-electron chi connectivity index (χ3n) is 5.67. The molecule has 0 radical (unpaired) electrons. The van der Waals surface area contributed by atoms with E-state index in [0.717, 1.165) is 29.6 Å². The molecular weight excluding hydrogens is 412 g/mol. The quantitative estimate of drug-likeness (QED) is 0.493. The molecule has 1 fully saturated rings. The van der Waals surface area contributed by atoms with Gasteiger partial charge >= 0.3 is 11.8 Å². The van der Waals surface area contributed by atoms with Crippen molar-refractivity contribution in [3.05, 3.63) is 58.4 Å². The highest BCUT2D eigenvalue weighted by Gasteiger charge is 2.30. The van der Waals surface area contributed by atoms with Gasteiger partial charge in [0.05, 0.1) is 19.3 Å².